The molecule has 0 bridgehead atoms. The molecule has 2 atom stereocenters. The number of nitrogens with one attached hydrogen (secondary N) is 1. The summed E-state index contributed by atoms with van der Waals surface area (Å²) in [5.41, 5.74) is 2.18. The van der Waals surface area contributed by atoms with Gasteiger partial charge in [0.1, 0.15) is 10.7 Å². The number of halogens is 6. The Labute approximate surface area is 185 Å². The molecule has 2 nitrogen and oxygen atoms in total. The molecule has 2 unspecified atom stereocenters. The van der Waals surface area contributed by atoms with E-state index in [0.29, 0.717) is 30.5 Å². The fourth-order valence-electron chi connectivity index (χ4n) is 3.91. The van der Waals surface area contributed by atoms with Gasteiger partial charge in [-0.25, -0.2) is 4.39 Å². The second-order valence-electron chi connectivity index (χ2n) is 8.03. The minimum absolute atomic E-state index is 0.231. The van der Waals surface area contributed by atoms with Gasteiger partial charge in [0.25, 0.3) is 0 Å². The van der Waals surface area contributed by atoms with E-state index in [1.165, 1.54) is 18.3 Å². The van der Waals surface area contributed by atoms with Crippen molar-refractivity contribution in [1.29, 1.82) is 5.41 Å². The van der Waals surface area contributed by atoms with Gasteiger partial charge in [0, 0.05) is 11.6 Å². The Morgan fingerprint density at radius 1 is 1.00 bits per heavy atom. The normalized spacial score (nSPS) is 16.6. The Morgan fingerprint density at radius 2 is 1.47 bits per heavy atom. The molecule has 182 valence electrons. The largest absolute Gasteiger partial charge is 0.392 e. The molecule has 0 saturated carbocycles. The summed E-state index contributed by atoms with van der Waals surface area (Å²) in [6.07, 6.45) is 2.27. The number of hydrogen-bond acceptors (Lipinski definition) is 2. The van der Waals surface area contributed by atoms with Crippen molar-refractivity contribution in [3.63, 3.8) is 0 Å². The first-order chi connectivity index (χ1) is 14.4. The lowest BCUT2D eigenvalue weighted by Gasteiger charge is -2.41. The fourth-order valence-corrected chi connectivity index (χ4v) is 4.56. The van der Waals surface area contributed by atoms with E-state index in [1.54, 1.807) is 20.8 Å². The molecule has 0 heterocycles. The van der Waals surface area contributed by atoms with Crippen LogP contribution in [0.4, 0.5) is 23.8 Å². The van der Waals surface area contributed by atoms with Gasteiger partial charge >= 0.3 is 10.2 Å². The predicted molar refractivity (Wildman–Crippen MR) is 120 cm³/mol. The third-order valence-corrected chi connectivity index (χ3v) is 6.87. The van der Waals surface area contributed by atoms with Crippen LogP contribution in [-0.4, -0.2) is 17.4 Å². The van der Waals surface area contributed by atoms with E-state index in [4.69, 9.17) is 5.41 Å². The van der Waals surface area contributed by atoms with Crippen LogP contribution in [0.25, 0.3) is 0 Å². The van der Waals surface area contributed by atoms with Crippen LogP contribution in [-0.2, 0) is 5.41 Å². The second kappa shape index (κ2) is 9.09. The van der Waals surface area contributed by atoms with Crippen molar-refractivity contribution < 1.29 is 28.9 Å². The number of hydrogen-bond donors (Lipinski definition) is 2. The van der Waals surface area contributed by atoms with Crippen molar-refractivity contribution in [2.45, 2.75) is 70.3 Å². The summed E-state index contributed by atoms with van der Waals surface area (Å²) in [5, 5.41) is 17.1. The van der Waals surface area contributed by atoms with E-state index < -0.39 is 26.6 Å². The maximum absolute atomic E-state index is 12.7. The number of aryl methyl sites for hydroxylation is 2. The van der Waals surface area contributed by atoms with Crippen molar-refractivity contribution in [1.82, 2.24) is 0 Å². The third-order valence-electron chi connectivity index (χ3n) is 5.70. The Morgan fingerprint density at radius 3 is 1.78 bits per heavy atom. The van der Waals surface area contributed by atoms with Gasteiger partial charge in [-0.3, -0.25) is 0 Å². The molecular weight excluding hydrogens is 452 g/mol. The maximum Gasteiger partial charge on any atom is 0.310 e. The van der Waals surface area contributed by atoms with E-state index in [2.05, 4.69) is 0 Å². The highest BCUT2D eigenvalue weighted by molar-refractivity contribution is 8.45. The van der Waals surface area contributed by atoms with Gasteiger partial charge < -0.3 is 10.5 Å². The average Bonchev–Trinajstić information content (AvgIpc) is 2.64. The Hall–Kier alpha value is -2.00. The molecule has 0 saturated heterocycles. The number of aliphatic hydroxyl groups excluding tert-OH is 1. The maximum atomic E-state index is 12.7. The van der Waals surface area contributed by atoms with Gasteiger partial charge in [-0.15, -0.1) is 0 Å². The van der Waals surface area contributed by atoms with Crippen LogP contribution in [0.3, 0.4) is 0 Å². The van der Waals surface area contributed by atoms with Crippen LogP contribution in [0.2, 0.25) is 0 Å². The molecule has 9 heteroatoms. The topological polar surface area (TPSA) is 44.1 Å². The van der Waals surface area contributed by atoms with Gasteiger partial charge in [-0.05, 0) is 80.1 Å². The molecule has 0 aliphatic carbocycles. The summed E-state index contributed by atoms with van der Waals surface area (Å²) in [7, 11) is -9.64. The van der Waals surface area contributed by atoms with Crippen LogP contribution >= 0.6 is 10.2 Å². The van der Waals surface area contributed by atoms with Crippen LogP contribution in [0.15, 0.2) is 41.3 Å². The fraction of sp³-hybridized carbons (Fsp3) is 0.435. The van der Waals surface area contributed by atoms with Crippen LogP contribution in [0.5, 0.6) is 0 Å². The number of rotatable bonds is 7. The van der Waals surface area contributed by atoms with Crippen LogP contribution in [0, 0.1) is 25.1 Å². The lowest BCUT2D eigenvalue weighted by Crippen LogP contribution is -2.37. The molecule has 2 aromatic carbocycles. The zero-order valence-electron chi connectivity index (χ0n) is 18.9. The number of benzene rings is 2. The van der Waals surface area contributed by atoms with Crippen molar-refractivity contribution in [3.05, 3.63) is 64.5 Å². The molecule has 2 aromatic rings. The summed E-state index contributed by atoms with van der Waals surface area (Å²) in [6, 6.07) is 5.82. The summed E-state index contributed by atoms with van der Waals surface area (Å²) in [6.45, 7) is 8.89. The lowest BCUT2D eigenvalue weighted by atomic mass is 9.71. The molecule has 0 radical (unpaired) electrons. The van der Waals surface area contributed by atoms with E-state index in [0.717, 1.165) is 35.2 Å². The zero-order chi connectivity index (χ0) is 25.0. The summed E-state index contributed by atoms with van der Waals surface area (Å²) >= 11 is 0. The van der Waals surface area contributed by atoms with Crippen molar-refractivity contribution in [2.24, 2.45) is 0 Å². The smallest absolute Gasteiger partial charge is 0.310 e. The minimum atomic E-state index is -9.64. The molecule has 0 amide bonds. The highest BCUT2D eigenvalue weighted by atomic mass is 32.5. The summed E-state index contributed by atoms with van der Waals surface area (Å²) in [5.74, 6) is -0.231. The molecule has 0 aliphatic heterocycles. The highest BCUT2D eigenvalue weighted by Gasteiger charge is 2.65. The molecule has 0 spiro atoms. The average molecular weight is 484 g/mol. The van der Waals surface area contributed by atoms with E-state index in [1.807, 2.05) is 13.8 Å². The minimum Gasteiger partial charge on any atom is -0.392 e. The molecular formula is C23H31F6NOS. The third kappa shape index (κ3) is 6.75. The number of aliphatic hydroxyl groups is 1. The summed E-state index contributed by atoms with van der Waals surface area (Å²) < 4.78 is 76.2. The van der Waals surface area contributed by atoms with E-state index in [-0.39, 0.29) is 5.82 Å². The standard InChI is InChI=1S/C14H21F5OS.C9H10FN/c1-4-10-14(5-2,11(3)20)12-6-8-13(9-7-12)21(15,16,17,18)19;1-6-3-8(10)4-7(2)9(6)5-11/h6-9,11,20H,4-5,10H2,1-3H3;3-5,11H,1-2H3. The van der Waals surface area contributed by atoms with E-state index in [9.17, 15) is 28.9 Å². The SMILES string of the molecule is CCCC(CC)(c1ccc(S(F)(F)(F)(F)F)cc1)C(C)O.Cc1cc(F)cc(C)c1C=N. The Kier molecular flexibility index (Phi) is 7.97. The molecule has 0 aliphatic rings. The highest BCUT2D eigenvalue weighted by Crippen LogP contribution is 3.02. The van der Waals surface area contributed by atoms with Gasteiger partial charge in [0.05, 0.1) is 6.10 Å². The monoisotopic (exact) mass is 483 g/mol. The van der Waals surface area contributed by atoms with Crippen molar-refractivity contribution in [3.8, 4) is 0 Å². The van der Waals surface area contributed by atoms with Crippen molar-refractivity contribution in [2.75, 3.05) is 0 Å². The van der Waals surface area contributed by atoms with Crippen LogP contribution < -0.4 is 0 Å². The van der Waals surface area contributed by atoms with Gasteiger partial charge in [-0.2, -0.15) is 0 Å². The first-order valence-corrected chi connectivity index (χ1v) is 12.2. The van der Waals surface area contributed by atoms with Gasteiger partial charge in [0.2, 0.25) is 0 Å². The molecule has 0 fully saturated rings. The first kappa shape index (κ1) is 28.0. The summed E-state index contributed by atoms with van der Waals surface area (Å²) in [4.78, 5) is -1.90. The zero-order valence-corrected chi connectivity index (χ0v) is 19.7. The molecule has 2 N–H and O–H groups in total. The van der Waals surface area contributed by atoms with Crippen LogP contribution in [0.1, 0.15) is 62.3 Å². The quantitative estimate of drug-likeness (QED) is 0.300. The Bertz CT molecular complexity index is 919. The Balaban J connectivity index is 0.000000389. The van der Waals surface area contributed by atoms with Crippen molar-refractivity contribution >= 4 is 16.4 Å². The lowest BCUT2D eigenvalue weighted by molar-refractivity contribution is 0.0856. The van der Waals surface area contributed by atoms with E-state index >= 15 is 0 Å². The second-order valence-corrected chi connectivity index (χ2v) is 10.4. The molecule has 32 heavy (non-hydrogen) atoms. The first-order valence-electron chi connectivity index (χ1n) is 10.2. The van der Waals surface area contributed by atoms with Gasteiger partial charge in [-0.1, -0.05) is 51.8 Å². The van der Waals surface area contributed by atoms with Gasteiger partial charge in [0.15, 0.2) is 0 Å². The molecule has 0 aromatic heterocycles. The predicted octanol–water partition coefficient (Wildman–Crippen LogP) is 8.61. The molecule has 2 rings (SSSR count).